The number of nitrogens with one attached hydrogen (secondary N) is 1. The molecule has 1 saturated heterocycles. The number of carbonyl (C=O) groups is 1. The van der Waals surface area contributed by atoms with E-state index in [2.05, 4.69) is 9.97 Å². The van der Waals surface area contributed by atoms with Gasteiger partial charge < -0.3 is 9.88 Å². The summed E-state index contributed by atoms with van der Waals surface area (Å²) in [5.74, 6) is 1.11. The minimum absolute atomic E-state index is 0.0820. The maximum atomic E-state index is 12.6. The topological polar surface area (TPSA) is 49.0 Å². The van der Waals surface area contributed by atoms with Gasteiger partial charge in [0.05, 0.1) is 23.5 Å². The molecule has 1 aromatic carbocycles. The maximum Gasteiger partial charge on any atom is 0.227 e. The number of hydrogen-bond acceptors (Lipinski definition) is 3. The quantitative estimate of drug-likeness (QED) is 0.804. The van der Waals surface area contributed by atoms with Crippen molar-refractivity contribution in [1.29, 1.82) is 0 Å². The molecule has 0 spiro atoms. The van der Waals surface area contributed by atoms with Crippen LogP contribution < -0.4 is 0 Å². The Balaban J connectivity index is 1.58. The number of rotatable bonds is 3. The first kappa shape index (κ1) is 13.5. The molecule has 4 nitrogen and oxygen atoms in total. The van der Waals surface area contributed by atoms with Gasteiger partial charge in [-0.1, -0.05) is 12.1 Å². The largest absolute Gasteiger partial charge is 0.340 e. The van der Waals surface area contributed by atoms with Crippen molar-refractivity contribution >= 4 is 28.3 Å². The number of thiophene rings is 1. The van der Waals surface area contributed by atoms with E-state index in [-0.39, 0.29) is 11.9 Å². The second-order valence-electron chi connectivity index (χ2n) is 5.69. The molecule has 1 N–H and O–H groups in total. The third-order valence-corrected chi connectivity index (χ3v) is 4.96. The lowest BCUT2D eigenvalue weighted by Crippen LogP contribution is -2.32. The standard InChI is InChI=1S/C17H17N3OS/c21-16(10-12-7-9-22-11-12)20-8-3-6-15(20)17-18-13-4-1-2-5-14(13)19-17/h1-2,4-5,7,9,11,15H,3,6,8,10H2,(H,18,19)/t15-/m0/s1. The zero-order chi connectivity index (χ0) is 14.9. The van der Waals surface area contributed by atoms with E-state index in [1.807, 2.05) is 46.0 Å². The Bertz CT molecular complexity index is 760. The molecule has 0 bridgehead atoms. The van der Waals surface area contributed by atoms with Gasteiger partial charge in [-0.25, -0.2) is 4.98 Å². The van der Waals surface area contributed by atoms with Gasteiger partial charge in [0.2, 0.25) is 5.91 Å². The Labute approximate surface area is 132 Å². The van der Waals surface area contributed by atoms with E-state index >= 15 is 0 Å². The summed E-state index contributed by atoms with van der Waals surface area (Å²) in [6, 6.07) is 10.1. The van der Waals surface area contributed by atoms with E-state index in [0.717, 1.165) is 41.8 Å². The van der Waals surface area contributed by atoms with Crippen molar-refractivity contribution in [2.75, 3.05) is 6.54 Å². The highest BCUT2D eigenvalue weighted by molar-refractivity contribution is 7.08. The third kappa shape index (κ3) is 2.41. The first-order valence-electron chi connectivity index (χ1n) is 7.56. The van der Waals surface area contributed by atoms with E-state index in [1.54, 1.807) is 11.3 Å². The minimum atomic E-state index is 0.0820. The van der Waals surface area contributed by atoms with Gasteiger partial charge in [-0.05, 0) is 47.4 Å². The summed E-state index contributed by atoms with van der Waals surface area (Å²) in [6.07, 6.45) is 2.51. The normalized spacial score (nSPS) is 18.2. The van der Waals surface area contributed by atoms with Crippen LogP contribution in [0.4, 0.5) is 0 Å². The van der Waals surface area contributed by atoms with Crippen LogP contribution in [0.2, 0.25) is 0 Å². The van der Waals surface area contributed by atoms with Crippen LogP contribution >= 0.6 is 11.3 Å². The number of fused-ring (bicyclic) bond motifs is 1. The summed E-state index contributed by atoms with van der Waals surface area (Å²) in [7, 11) is 0. The second-order valence-corrected chi connectivity index (χ2v) is 6.47. The van der Waals surface area contributed by atoms with E-state index in [4.69, 9.17) is 0 Å². The lowest BCUT2D eigenvalue weighted by atomic mass is 10.2. The van der Waals surface area contributed by atoms with Crippen LogP contribution in [0.5, 0.6) is 0 Å². The van der Waals surface area contributed by atoms with Crippen molar-refractivity contribution in [3.8, 4) is 0 Å². The molecule has 22 heavy (non-hydrogen) atoms. The highest BCUT2D eigenvalue weighted by Crippen LogP contribution is 2.32. The summed E-state index contributed by atoms with van der Waals surface area (Å²) < 4.78 is 0. The Morgan fingerprint density at radius 1 is 1.36 bits per heavy atom. The highest BCUT2D eigenvalue weighted by Gasteiger charge is 2.31. The van der Waals surface area contributed by atoms with E-state index in [1.165, 1.54) is 0 Å². The molecule has 0 unspecified atom stereocenters. The fraction of sp³-hybridized carbons (Fsp3) is 0.294. The predicted molar refractivity (Wildman–Crippen MR) is 87.8 cm³/mol. The highest BCUT2D eigenvalue weighted by atomic mass is 32.1. The van der Waals surface area contributed by atoms with Gasteiger partial charge in [0.15, 0.2) is 0 Å². The fourth-order valence-corrected chi connectivity index (χ4v) is 3.82. The molecule has 3 heterocycles. The molecule has 5 heteroatoms. The Morgan fingerprint density at radius 3 is 3.09 bits per heavy atom. The lowest BCUT2D eigenvalue weighted by Gasteiger charge is -2.23. The molecule has 0 radical (unpaired) electrons. The molecule has 1 amide bonds. The summed E-state index contributed by atoms with van der Waals surface area (Å²) in [4.78, 5) is 22.6. The van der Waals surface area contributed by atoms with E-state index in [9.17, 15) is 4.79 Å². The Kier molecular flexibility index (Phi) is 3.42. The van der Waals surface area contributed by atoms with Crippen molar-refractivity contribution in [1.82, 2.24) is 14.9 Å². The number of aromatic amines is 1. The minimum Gasteiger partial charge on any atom is -0.340 e. The molecule has 112 valence electrons. The van der Waals surface area contributed by atoms with Crippen LogP contribution in [0.1, 0.15) is 30.3 Å². The number of nitrogens with zero attached hydrogens (tertiary/aromatic N) is 2. The zero-order valence-corrected chi connectivity index (χ0v) is 13.0. The molecule has 4 rings (SSSR count). The van der Waals surface area contributed by atoms with E-state index in [0.29, 0.717) is 6.42 Å². The maximum absolute atomic E-state index is 12.6. The van der Waals surface area contributed by atoms with Crippen molar-refractivity contribution in [2.45, 2.75) is 25.3 Å². The van der Waals surface area contributed by atoms with Gasteiger partial charge >= 0.3 is 0 Å². The Hall–Kier alpha value is -2.14. The summed E-state index contributed by atoms with van der Waals surface area (Å²) in [6.45, 7) is 0.824. The van der Waals surface area contributed by atoms with Gasteiger partial charge in [-0.15, -0.1) is 0 Å². The number of aromatic nitrogens is 2. The molecule has 1 aliphatic rings. The average Bonchev–Trinajstić information content (AvgIpc) is 3.26. The number of amides is 1. The number of likely N-dealkylation sites (tertiary alicyclic amines) is 1. The summed E-state index contributed by atoms with van der Waals surface area (Å²) >= 11 is 1.64. The molecule has 1 aliphatic heterocycles. The molecule has 2 aromatic heterocycles. The van der Waals surface area contributed by atoms with Gasteiger partial charge in [0.25, 0.3) is 0 Å². The molecule has 0 aliphatic carbocycles. The van der Waals surface area contributed by atoms with Gasteiger partial charge in [-0.2, -0.15) is 11.3 Å². The molecular formula is C17H17N3OS. The third-order valence-electron chi connectivity index (χ3n) is 4.23. The van der Waals surface area contributed by atoms with Crippen LogP contribution in [0.15, 0.2) is 41.1 Å². The molecular weight excluding hydrogens is 294 g/mol. The van der Waals surface area contributed by atoms with Crippen molar-refractivity contribution in [3.63, 3.8) is 0 Å². The van der Waals surface area contributed by atoms with E-state index < -0.39 is 0 Å². The summed E-state index contributed by atoms with van der Waals surface area (Å²) in [5.41, 5.74) is 3.11. The zero-order valence-electron chi connectivity index (χ0n) is 12.2. The fourth-order valence-electron chi connectivity index (χ4n) is 3.15. The SMILES string of the molecule is O=C(Cc1ccsc1)N1CCC[C@H]1c1nc2ccccc2[nH]1. The smallest absolute Gasteiger partial charge is 0.227 e. The van der Waals surface area contributed by atoms with Gasteiger partial charge in [0.1, 0.15) is 5.82 Å². The number of carbonyl (C=O) groups excluding carboxylic acids is 1. The molecule has 1 fully saturated rings. The van der Waals surface area contributed by atoms with Crippen LogP contribution in [0.3, 0.4) is 0 Å². The number of imidazole rings is 1. The first-order chi connectivity index (χ1) is 10.8. The van der Waals surface area contributed by atoms with Gasteiger partial charge in [0, 0.05) is 6.54 Å². The van der Waals surface area contributed by atoms with Crippen molar-refractivity contribution in [2.24, 2.45) is 0 Å². The van der Waals surface area contributed by atoms with Crippen LogP contribution in [-0.4, -0.2) is 27.3 Å². The van der Waals surface area contributed by atoms with Crippen LogP contribution in [-0.2, 0) is 11.2 Å². The number of H-pyrrole nitrogens is 1. The molecule has 0 saturated carbocycles. The molecule has 1 atom stereocenters. The number of para-hydroxylation sites is 2. The lowest BCUT2D eigenvalue weighted by molar-refractivity contribution is -0.131. The predicted octanol–water partition coefficient (Wildman–Crippen LogP) is 3.53. The summed E-state index contributed by atoms with van der Waals surface area (Å²) in [5, 5.41) is 4.06. The second kappa shape index (κ2) is 5.57. The monoisotopic (exact) mass is 311 g/mol. The molecule has 3 aromatic rings. The number of benzene rings is 1. The first-order valence-corrected chi connectivity index (χ1v) is 8.51. The average molecular weight is 311 g/mol. The van der Waals surface area contributed by atoms with Crippen molar-refractivity contribution in [3.05, 3.63) is 52.5 Å². The van der Waals surface area contributed by atoms with Gasteiger partial charge in [-0.3, -0.25) is 4.79 Å². The Morgan fingerprint density at radius 2 is 2.27 bits per heavy atom. The number of hydrogen-bond donors (Lipinski definition) is 1. The van der Waals surface area contributed by atoms with Crippen LogP contribution in [0, 0.1) is 0 Å². The van der Waals surface area contributed by atoms with Crippen LogP contribution in [0.25, 0.3) is 11.0 Å². The van der Waals surface area contributed by atoms with Crippen molar-refractivity contribution < 1.29 is 4.79 Å².